The molecule has 0 aromatic carbocycles. The molecule has 2 heteroatoms. The van der Waals surface area contributed by atoms with Crippen molar-refractivity contribution < 1.29 is 0 Å². The average molecular weight is 252 g/mol. The molecule has 1 saturated heterocycles. The van der Waals surface area contributed by atoms with E-state index in [1.54, 1.807) is 0 Å². The highest BCUT2D eigenvalue weighted by molar-refractivity contribution is 4.87. The summed E-state index contributed by atoms with van der Waals surface area (Å²) in [4.78, 5) is 2.74. The fourth-order valence-corrected chi connectivity index (χ4v) is 3.73. The Bertz CT molecular complexity index is 233. The number of rotatable bonds is 3. The molecule has 2 atom stereocenters. The zero-order valence-electron chi connectivity index (χ0n) is 12.6. The van der Waals surface area contributed by atoms with Crippen molar-refractivity contribution in [2.45, 2.75) is 71.4 Å². The fourth-order valence-electron chi connectivity index (χ4n) is 3.73. The molecular formula is C16H32N2. The van der Waals surface area contributed by atoms with Crippen LogP contribution in [0.1, 0.15) is 59.3 Å². The van der Waals surface area contributed by atoms with E-state index in [0.717, 1.165) is 23.9 Å². The van der Waals surface area contributed by atoms with E-state index in [9.17, 15) is 0 Å². The molecule has 1 saturated carbocycles. The third-order valence-electron chi connectivity index (χ3n) is 4.84. The molecule has 0 aromatic rings. The van der Waals surface area contributed by atoms with Crippen LogP contribution >= 0.6 is 0 Å². The Morgan fingerprint density at radius 1 is 1.11 bits per heavy atom. The topological polar surface area (TPSA) is 15.3 Å². The van der Waals surface area contributed by atoms with Crippen molar-refractivity contribution in [1.29, 1.82) is 0 Å². The summed E-state index contributed by atoms with van der Waals surface area (Å²) in [6.45, 7) is 10.9. The lowest BCUT2D eigenvalue weighted by atomic mass is 9.83. The number of nitrogens with zero attached hydrogens (tertiary/aromatic N) is 1. The molecule has 2 fully saturated rings. The van der Waals surface area contributed by atoms with Gasteiger partial charge in [-0.3, -0.25) is 4.90 Å². The maximum atomic E-state index is 3.84. The van der Waals surface area contributed by atoms with Gasteiger partial charge in [0.05, 0.1) is 0 Å². The monoisotopic (exact) mass is 252 g/mol. The van der Waals surface area contributed by atoms with Gasteiger partial charge in [-0.05, 0) is 44.6 Å². The minimum atomic E-state index is 0.758. The van der Waals surface area contributed by atoms with Crippen molar-refractivity contribution >= 4 is 0 Å². The molecule has 0 radical (unpaired) electrons. The van der Waals surface area contributed by atoms with Gasteiger partial charge in [-0.1, -0.05) is 33.1 Å². The lowest BCUT2D eigenvalue weighted by Gasteiger charge is -2.35. The second-order valence-electron chi connectivity index (χ2n) is 6.94. The zero-order valence-corrected chi connectivity index (χ0v) is 12.6. The molecule has 0 spiro atoms. The van der Waals surface area contributed by atoms with E-state index < -0.39 is 0 Å². The summed E-state index contributed by atoms with van der Waals surface area (Å²) in [7, 11) is 0. The van der Waals surface area contributed by atoms with Crippen LogP contribution in [0.4, 0.5) is 0 Å². The summed E-state index contributed by atoms with van der Waals surface area (Å²) >= 11 is 0. The molecule has 2 rings (SSSR count). The van der Waals surface area contributed by atoms with Crippen LogP contribution in [0, 0.1) is 11.8 Å². The fraction of sp³-hybridized carbons (Fsp3) is 1.00. The average Bonchev–Trinajstić information content (AvgIpc) is 2.53. The molecule has 18 heavy (non-hydrogen) atoms. The Balaban J connectivity index is 1.93. The first-order valence-electron chi connectivity index (χ1n) is 8.14. The van der Waals surface area contributed by atoms with Crippen LogP contribution in [0.2, 0.25) is 0 Å². The van der Waals surface area contributed by atoms with Crippen LogP contribution in [0.3, 0.4) is 0 Å². The van der Waals surface area contributed by atoms with E-state index in [0.29, 0.717) is 0 Å². The SMILES string of the molecule is CC(C)CN1CC(C2CCCCC2)NCCC1C. The van der Waals surface area contributed by atoms with Crippen LogP contribution < -0.4 is 5.32 Å². The highest BCUT2D eigenvalue weighted by Crippen LogP contribution is 2.28. The predicted molar refractivity (Wildman–Crippen MR) is 78.9 cm³/mol. The summed E-state index contributed by atoms with van der Waals surface area (Å²) < 4.78 is 0. The summed E-state index contributed by atoms with van der Waals surface area (Å²) in [5.74, 6) is 1.73. The van der Waals surface area contributed by atoms with Gasteiger partial charge < -0.3 is 5.32 Å². The second kappa shape index (κ2) is 6.91. The Morgan fingerprint density at radius 3 is 2.50 bits per heavy atom. The molecule has 2 nitrogen and oxygen atoms in total. The normalized spacial score (nSPS) is 32.7. The number of nitrogens with one attached hydrogen (secondary N) is 1. The van der Waals surface area contributed by atoms with Gasteiger partial charge in [0.15, 0.2) is 0 Å². The number of hydrogen-bond donors (Lipinski definition) is 1. The van der Waals surface area contributed by atoms with Crippen LogP contribution in [0.15, 0.2) is 0 Å². The molecule has 2 unspecified atom stereocenters. The van der Waals surface area contributed by atoms with Gasteiger partial charge in [-0.2, -0.15) is 0 Å². The van der Waals surface area contributed by atoms with E-state index in [-0.39, 0.29) is 0 Å². The Kier molecular flexibility index (Phi) is 5.50. The molecule has 106 valence electrons. The molecule has 0 amide bonds. The smallest absolute Gasteiger partial charge is 0.0223 e. The van der Waals surface area contributed by atoms with Crippen molar-refractivity contribution in [3.63, 3.8) is 0 Å². The van der Waals surface area contributed by atoms with Crippen LogP contribution in [0.5, 0.6) is 0 Å². The standard InChI is InChI=1S/C16H32N2/c1-13(2)11-18-12-16(17-10-9-14(18)3)15-7-5-4-6-8-15/h13-17H,4-12H2,1-3H3. The molecule has 1 heterocycles. The maximum Gasteiger partial charge on any atom is 0.0223 e. The Morgan fingerprint density at radius 2 is 1.83 bits per heavy atom. The van der Waals surface area contributed by atoms with E-state index in [2.05, 4.69) is 31.0 Å². The predicted octanol–water partition coefficient (Wildman–Crippen LogP) is 3.28. The highest BCUT2D eigenvalue weighted by atomic mass is 15.2. The molecule has 1 aliphatic carbocycles. The molecule has 0 aromatic heterocycles. The Labute approximate surface area is 114 Å². The number of hydrogen-bond acceptors (Lipinski definition) is 2. The molecule has 0 bridgehead atoms. The minimum absolute atomic E-state index is 0.758. The highest BCUT2D eigenvalue weighted by Gasteiger charge is 2.29. The van der Waals surface area contributed by atoms with Crippen molar-refractivity contribution in [1.82, 2.24) is 10.2 Å². The first kappa shape index (κ1) is 14.3. The Hall–Kier alpha value is -0.0800. The molecule has 2 aliphatic rings. The van der Waals surface area contributed by atoms with Crippen LogP contribution in [-0.2, 0) is 0 Å². The summed E-state index contributed by atoms with van der Waals surface area (Å²) in [5.41, 5.74) is 0. The van der Waals surface area contributed by atoms with E-state index in [1.807, 2.05) is 0 Å². The first-order valence-corrected chi connectivity index (χ1v) is 8.14. The van der Waals surface area contributed by atoms with Gasteiger partial charge in [-0.25, -0.2) is 0 Å². The van der Waals surface area contributed by atoms with Crippen molar-refractivity contribution in [2.24, 2.45) is 11.8 Å². The van der Waals surface area contributed by atoms with E-state index >= 15 is 0 Å². The van der Waals surface area contributed by atoms with E-state index in [1.165, 1.54) is 58.2 Å². The third-order valence-corrected chi connectivity index (χ3v) is 4.84. The van der Waals surface area contributed by atoms with Crippen LogP contribution in [-0.4, -0.2) is 36.6 Å². The van der Waals surface area contributed by atoms with Gasteiger partial charge in [0.1, 0.15) is 0 Å². The molecular weight excluding hydrogens is 220 g/mol. The lowest BCUT2D eigenvalue weighted by Crippen LogP contribution is -2.45. The lowest BCUT2D eigenvalue weighted by molar-refractivity contribution is 0.157. The van der Waals surface area contributed by atoms with Gasteiger partial charge in [-0.15, -0.1) is 0 Å². The van der Waals surface area contributed by atoms with Crippen molar-refractivity contribution in [3.05, 3.63) is 0 Å². The van der Waals surface area contributed by atoms with Gasteiger partial charge in [0.2, 0.25) is 0 Å². The summed E-state index contributed by atoms with van der Waals surface area (Å²) in [6, 6.07) is 1.52. The van der Waals surface area contributed by atoms with E-state index in [4.69, 9.17) is 0 Å². The minimum Gasteiger partial charge on any atom is -0.312 e. The van der Waals surface area contributed by atoms with Gasteiger partial charge in [0.25, 0.3) is 0 Å². The maximum absolute atomic E-state index is 3.84. The quantitative estimate of drug-likeness (QED) is 0.829. The third kappa shape index (κ3) is 3.96. The van der Waals surface area contributed by atoms with Gasteiger partial charge >= 0.3 is 0 Å². The zero-order chi connectivity index (χ0) is 13.0. The second-order valence-corrected chi connectivity index (χ2v) is 6.94. The first-order chi connectivity index (χ1) is 8.66. The largest absolute Gasteiger partial charge is 0.312 e. The van der Waals surface area contributed by atoms with Crippen molar-refractivity contribution in [3.8, 4) is 0 Å². The molecule has 1 N–H and O–H groups in total. The summed E-state index contributed by atoms with van der Waals surface area (Å²) in [5, 5.41) is 3.84. The van der Waals surface area contributed by atoms with Gasteiger partial charge in [0, 0.05) is 25.2 Å². The molecule has 1 aliphatic heterocycles. The summed E-state index contributed by atoms with van der Waals surface area (Å²) in [6.07, 6.45) is 8.62. The van der Waals surface area contributed by atoms with Crippen molar-refractivity contribution in [2.75, 3.05) is 19.6 Å². The van der Waals surface area contributed by atoms with Crippen LogP contribution in [0.25, 0.3) is 0 Å².